The molecule has 0 aromatic carbocycles. The van der Waals surface area contributed by atoms with Gasteiger partial charge in [0, 0.05) is 0 Å². The highest BCUT2D eigenvalue weighted by molar-refractivity contribution is 5.24. The largest absolute Gasteiger partial charge is 0.393 e. The smallest absolute Gasteiger partial charge is 0.0605 e. The summed E-state index contributed by atoms with van der Waals surface area (Å²) in [7, 11) is 0. The monoisotopic (exact) mass is 124 g/mol. The van der Waals surface area contributed by atoms with E-state index in [2.05, 4.69) is 6.92 Å². The fourth-order valence-electron chi connectivity index (χ4n) is 3.56. The van der Waals surface area contributed by atoms with Gasteiger partial charge in [0.15, 0.2) is 0 Å². The molecule has 4 rings (SSSR count). The van der Waals surface area contributed by atoms with Crippen molar-refractivity contribution in [3.8, 4) is 0 Å². The van der Waals surface area contributed by atoms with Gasteiger partial charge in [0.05, 0.1) is 6.10 Å². The maximum Gasteiger partial charge on any atom is 0.0605 e. The minimum atomic E-state index is 0.0972. The van der Waals surface area contributed by atoms with E-state index >= 15 is 0 Å². The zero-order valence-electron chi connectivity index (χ0n) is 5.67. The first-order valence-electron chi connectivity index (χ1n) is 3.91. The van der Waals surface area contributed by atoms with Crippen molar-refractivity contribution in [2.75, 3.05) is 0 Å². The molecule has 0 amide bonds. The number of aliphatic hydroxyl groups is 1. The molecule has 5 atom stereocenters. The van der Waals surface area contributed by atoms with Crippen LogP contribution in [0.4, 0.5) is 0 Å². The van der Waals surface area contributed by atoms with E-state index < -0.39 is 0 Å². The average Bonchev–Trinajstić information content (AvgIpc) is 2.21. The standard InChI is InChI=1S/C8H12O/c1-8-3-4-2-5(8)6(8)7(4)9/h4-7,9H,2-3H2,1H3/t4-,5-,6+,7?,8-/m1/s1. The van der Waals surface area contributed by atoms with Gasteiger partial charge < -0.3 is 5.11 Å². The Hall–Kier alpha value is -0.0400. The number of hydrogen-bond acceptors (Lipinski definition) is 1. The lowest BCUT2D eigenvalue weighted by molar-refractivity contribution is 0.134. The van der Waals surface area contributed by atoms with Gasteiger partial charge in [-0.15, -0.1) is 0 Å². The maximum absolute atomic E-state index is 9.51. The molecule has 0 aromatic heterocycles. The molecule has 4 saturated carbocycles. The third-order valence-electron chi connectivity index (χ3n) is 4.04. The maximum atomic E-state index is 9.51. The summed E-state index contributed by atoms with van der Waals surface area (Å²) in [6, 6.07) is 0. The third kappa shape index (κ3) is 0.295. The van der Waals surface area contributed by atoms with E-state index in [1.807, 2.05) is 0 Å². The summed E-state index contributed by atoms with van der Waals surface area (Å²) in [6.07, 6.45) is 2.76. The van der Waals surface area contributed by atoms with Crippen LogP contribution in [0.15, 0.2) is 0 Å². The van der Waals surface area contributed by atoms with Crippen LogP contribution in [0.5, 0.6) is 0 Å². The molecule has 0 spiro atoms. The molecule has 1 unspecified atom stereocenters. The predicted molar refractivity (Wildman–Crippen MR) is 33.8 cm³/mol. The van der Waals surface area contributed by atoms with Gasteiger partial charge in [-0.05, 0) is 36.0 Å². The van der Waals surface area contributed by atoms with Crippen molar-refractivity contribution < 1.29 is 5.11 Å². The minimum absolute atomic E-state index is 0.0972. The average molecular weight is 124 g/mol. The Bertz CT molecular complexity index is 175. The summed E-state index contributed by atoms with van der Waals surface area (Å²) in [5, 5.41) is 9.51. The van der Waals surface area contributed by atoms with E-state index in [9.17, 15) is 5.11 Å². The highest BCUT2D eigenvalue weighted by atomic mass is 16.3. The van der Waals surface area contributed by atoms with Crippen LogP contribution in [-0.2, 0) is 0 Å². The van der Waals surface area contributed by atoms with E-state index in [0.717, 1.165) is 11.8 Å². The fourth-order valence-corrected chi connectivity index (χ4v) is 3.56. The molecule has 50 valence electrons. The van der Waals surface area contributed by atoms with Crippen molar-refractivity contribution in [3.63, 3.8) is 0 Å². The first-order valence-corrected chi connectivity index (χ1v) is 3.91. The van der Waals surface area contributed by atoms with Gasteiger partial charge >= 0.3 is 0 Å². The quantitative estimate of drug-likeness (QED) is 0.511. The molecule has 4 fully saturated rings. The van der Waals surface area contributed by atoms with Crippen LogP contribution in [-0.4, -0.2) is 11.2 Å². The molecular weight excluding hydrogens is 112 g/mol. The van der Waals surface area contributed by atoms with Crippen molar-refractivity contribution >= 4 is 0 Å². The van der Waals surface area contributed by atoms with Crippen molar-refractivity contribution in [1.29, 1.82) is 0 Å². The van der Waals surface area contributed by atoms with E-state index in [-0.39, 0.29) is 6.10 Å². The van der Waals surface area contributed by atoms with Crippen molar-refractivity contribution in [2.24, 2.45) is 23.2 Å². The zero-order chi connectivity index (χ0) is 6.22. The van der Waals surface area contributed by atoms with Gasteiger partial charge in [-0.25, -0.2) is 0 Å². The van der Waals surface area contributed by atoms with Crippen molar-refractivity contribution in [3.05, 3.63) is 0 Å². The van der Waals surface area contributed by atoms with Crippen LogP contribution in [0, 0.1) is 23.2 Å². The Labute approximate surface area is 55.1 Å². The summed E-state index contributed by atoms with van der Waals surface area (Å²) in [6.45, 7) is 2.35. The third-order valence-corrected chi connectivity index (χ3v) is 4.04. The molecule has 1 N–H and O–H groups in total. The minimum Gasteiger partial charge on any atom is -0.393 e. The zero-order valence-corrected chi connectivity index (χ0v) is 5.67. The molecule has 4 aliphatic rings. The van der Waals surface area contributed by atoms with E-state index in [1.165, 1.54) is 12.8 Å². The van der Waals surface area contributed by atoms with Crippen LogP contribution in [0.1, 0.15) is 19.8 Å². The van der Waals surface area contributed by atoms with Gasteiger partial charge in [0.2, 0.25) is 0 Å². The second kappa shape index (κ2) is 0.968. The Balaban J connectivity index is 2.10. The van der Waals surface area contributed by atoms with Gasteiger partial charge in [-0.2, -0.15) is 0 Å². The summed E-state index contributed by atoms with van der Waals surface area (Å²) in [4.78, 5) is 0. The lowest BCUT2D eigenvalue weighted by atomic mass is 10.1. The molecular formula is C8H12O. The SMILES string of the molecule is C[C@@]12C[C@H]3C[C@@H]1[C@H]2C3O. The van der Waals surface area contributed by atoms with E-state index in [4.69, 9.17) is 0 Å². The molecule has 4 aliphatic carbocycles. The van der Waals surface area contributed by atoms with Crippen molar-refractivity contribution in [2.45, 2.75) is 25.9 Å². The lowest BCUT2D eigenvalue weighted by Crippen LogP contribution is -2.09. The number of rotatable bonds is 0. The molecule has 0 aromatic rings. The molecule has 0 aliphatic heterocycles. The number of aliphatic hydroxyl groups excluding tert-OH is 1. The van der Waals surface area contributed by atoms with Gasteiger partial charge in [-0.1, -0.05) is 6.92 Å². The van der Waals surface area contributed by atoms with E-state index in [1.54, 1.807) is 0 Å². The van der Waals surface area contributed by atoms with Gasteiger partial charge in [0.25, 0.3) is 0 Å². The first-order chi connectivity index (χ1) is 4.23. The first kappa shape index (κ1) is 4.73. The number of hydrogen-bond donors (Lipinski definition) is 1. The highest BCUT2D eigenvalue weighted by Crippen LogP contribution is 2.78. The van der Waals surface area contributed by atoms with Gasteiger partial charge in [0.1, 0.15) is 0 Å². The molecule has 0 saturated heterocycles. The summed E-state index contributed by atoms with van der Waals surface area (Å²) in [5.41, 5.74) is 0.615. The molecule has 1 nitrogen and oxygen atoms in total. The highest BCUT2D eigenvalue weighted by Gasteiger charge is 2.75. The van der Waals surface area contributed by atoms with Crippen molar-refractivity contribution in [1.82, 2.24) is 0 Å². The Morgan fingerprint density at radius 1 is 1.56 bits per heavy atom. The molecule has 9 heavy (non-hydrogen) atoms. The van der Waals surface area contributed by atoms with Crippen LogP contribution in [0.2, 0.25) is 0 Å². The topological polar surface area (TPSA) is 20.2 Å². The molecule has 0 heterocycles. The Kier molecular flexibility index (Phi) is 0.508. The summed E-state index contributed by atoms with van der Waals surface area (Å²) < 4.78 is 0. The Morgan fingerprint density at radius 3 is 2.44 bits per heavy atom. The molecule has 0 radical (unpaired) electrons. The lowest BCUT2D eigenvalue weighted by Gasteiger charge is -2.03. The fraction of sp³-hybridized carbons (Fsp3) is 1.00. The predicted octanol–water partition coefficient (Wildman–Crippen LogP) is 1.02. The summed E-state index contributed by atoms with van der Waals surface area (Å²) in [5.74, 6) is 2.35. The molecule has 4 bridgehead atoms. The van der Waals surface area contributed by atoms with Crippen LogP contribution >= 0.6 is 0 Å². The Morgan fingerprint density at radius 2 is 2.33 bits per heavy atom. The van der Waals surface area contributed by atoms with Crippen LogP contribution in [0.25, 0.3) is 0 Å². The second-order valence-corrected chi connectivity index (χ2v) is 4.33. The second-order valence-electron chi connectivity index (χ2n) is 4.33. The van der Waals surface area contributed by atoms with Gasteiger partial charge in [-0.3, -0.25) is 0 Å². The molecule has 1 heteroatoms. The normalized spacial score (nSPS) is 75.3. The van der Waals surface area contributed by atoms with Crippen LogP contribution in [0.3, 0.4) is 0 Å². The van der Waals surface area contributed by atoms with Crippen LogP contribution < -0.4 is 0 Å². The summed E-state index contributed by atoms with van der Waals surface area (Å²) >= 11 is 0. The van der Waals surface area contributed by atoms with E-state index in [0.29, 0.717) is 11.3 Å².